The fourth-order valence-corrected chi connectivity index (χ4v) is 2.70. The van der Waals surface area contributed by atoms with E-state index in [-0.39, 0.29) is 5.91 Å². The maximum Gasteiger partial charge on any atom is 0.255 e. The van der Waals surface area contributed by atoms with Gasteiger partial charge >= 0.3 is 0 Å². The molecule has 24 heavy (non-hydrogen) atoms. The van der Waals surface area contributed by atoms with Crippen LogP contribution in [-0.2, 0) is 0 Å². The summed E-state index contributed by atoms with van der Waals surface area (Å²) in [6, 6.07) is 16.6. The van der Waals surface area contributed by atoms with Crippen LogP contribution in [-0.4, -0.2) is 16.0 Å². The van der Waals surface area contributed by atoms with E-state index in [4.69, 9.17) is 4.52 Å². The average Bonchev–Trinajstić information content (AvgIpc) is 3.04. The first-order valence-corrected chi connectivity index (χ1v) is 8.10. The van der Waals surface area contributed by atoms with Crippen LogP contribution in [0.4, 0.5) is 5.69 Å². The second-order valence-corrected chi connectivity index (χ2v) is 5.99. The van der Waals surface area contributed by atoms with Gasteiger partial charge in [0.1, 0.15) is 0 Å². The van der Waals surface area contributed by atoms with Crippen molar-refractivity contribution < 1.29 is 9.32 Å². The topological polar surface area (TPSA) is 68.0 Å². The Bertz CT molecular complexity index is 854. The molecular formula is C19H17N3O2. The van der Waals surface area contributed by atoms with E-state index in [1.165, 1.54) is 6.42 Å². The average molecular weight is 319 g/mol. The van der Waals surface area contributed by atoms with E-state index in [0.29, 0.717) is 23.0 Å². The van der Waals surface area contributed by atoms with Gasteiger partial charge in [0.25, 0.3) is 5.91 Å². The van der Waals surface area contributed by atoms with E-state index in [2.05, 4.69) is 15.5 Å². The highest BCUT2D eigenvalue weighted by Crippen LogP contribution is 2.36. The fraction of sp³-hybridized carbons (Fsp3) is 0.211. The Morgan fingerprint density at radius 3 is 2.67 bits per heavy atom. The zero-order valence-electron chi connectivity index (χ0n) is 13.1. The van der Waals surface area contributed by atoms with Gasteiger partial charge in [-0.05, 0) is 37.1 Å². The van der Waals surface area contributed by atoms with Crippen molar-refractivity contribution in [3.05, 3.63) is 66.1 Å². The number of hydrogen-bond donors (Lipinski definition) is 1. The first-order chi connectivity index (χ1) is 11.8. The molecule has 1 heterocycles. The van der Waals surface area contributed by atoms with Crippen LogP contribution in [0.3, 0.4) is 0 Å². The summed E-state index contributed by atoms with van der Waals surface area (Å²) in [7, 11) is 0. The molecule has 0 aliphatic heterocycles. The molecule has 0 radical (unpaired) electrons. The number of aromatic nitrogens is 2. The second kappa shape index (κ2) is 6.28. The van der Waals surface area contributed by atoms with Crippen molar-refractivity contribution in [2.45, 2.75) is 25.2 Å². The standard InChI is InChI=1S/C19H17N3O2/c23-18(13-6-2-1-3-7-13)20-16-11-5-10-15(12-16)17-21-19(24-22-17)14-8-4-9-14/h1-3,5-7,10-12,14H,4,8-9H2,(H,20,23). The van der Waals surface area contributed by atoms with Crippen molar-refractivity contribution in [2.75, 3.05) is 5.32 Å². The van der Waals surface area contributed by atoms with Crippen LogP contribution in [0.15, 0.2) is 59.1 Å². The highest BCUT2D eigenvalue weighted by atomic mass is 16.5. The summed E-state index contributed by atoms with van der Waals surface area (Å²) >= 11 is 0. The Hall–Kier alpha value is -2.95. The number of amides is 1. The molecule has 1 saturated carbocycles. The quantitative estimate of drug-likeness (QED) is 0.780. The summed E-state index contributed by atoms with van der Waals surface area (Å²) in [4.78, 5) is 16.7. The molecule has 1 amide bonds. The third-order valence-electron chi connectivity index (χ3n) is 4.31. The predicted molar refractivity (Wildman–Crippen MR) is 90.7 cm³/mol. The molecule has 1 aliphatic rings. The summed E-state index contributed by atoms with van der Waals surface area (Å²) in [5, 5.41) is 6.96. The summed E-state index contributed by atoms with van der Waals surface area (Å²) < 4.78 is 5.36. The Morgan fingerprint density at radius 1 is 1.08 bits per heavy atom. The minimum absolute atomic E-state index is 0.143. The van der Waals surface area contributed by atoms with E-state index < -0.39 is 0 Å². The van der Waals surface area contributed by atoms with Crippen LogP contribution in [0.1, 0.15) is 41.4 Å². The highest BCUT2D eigenvalue weighted by Gasteiger charge is 2.25. The van der Waals surface area contributed by atoms with Crippen LogP contribution in [0.5, 0.6) is 0 Å². The molecule has 0 spiro atoms. The fourth-order valence-electron chi connectivity index (χ4n) is 2.70. The number of carbonyl (C=O) groups excluding carboxylic acids is 1. The minimum atomic E-state index is -0.143. The zero-order valence-corrected chi connectivity index (χ0v) is 13.1. The van der Waals surface area contributed by atoms with Crippen molar-refractivity contribution in [1.29, 1.82) is 0 Å². The van der Waals surface area contributed by atoms with E-state index in [9.17, 15) is 4.79 Å². The van der Waals surface area contributed by atoms with Gasteiger partial charge in [-0.2, -0.15) is 4.98 Å². The molecular weight excluding hydrogens is 302 g/mol. The van der Waals surface area contributed by atoms with Gasteiger partial charge < -0.3 is 9.84 Å². The lowest BCUT2D eigenvalue weighted by Gasteiger charge is -2.20. The lowest BCUT2D eigenvalue weighted by Crippen LogP contribution is -2.11. The molecule has 0 saturated heterocycles. The van der Waals surface area contributed by atoms with Crippen LogP contribution in [0.25, 0.3) is 11.4 Å². The molecule has 2 aromatic carbocycles. The second-order valence-electron chi connectivity index (χ2n) is 5.99. The molecule has 5 nitrogen and oxygen atoms in total. The van der Waals surface area contributed by atoms with Gasteiger partial charge in [-0.1, -0.05) is 41.9 Å². The number of carbonyl (C=O) groups is 1. The first-order valence-electron chi connectivity index (χ1n) is 8.10. The monoisotopic (exact) mass is 319 g/mol. The summed E-state index contributed by atoms with van der Waals surface area (Å²) in [6.07, 6.45) is 3.47. The van der Waals surface area contributed by atoms with Crippen LogP contribution in [0.2, 0.25) is 0 Å². The highest BCUT2D eigenvalue weighted by molar-refractivity contribution is 6.04. The van der Waals surface area contributed by atoms with Crippen molar-refractivity contribution >= 4 is 11.6 Å². The molecule has 1 N–H and O–H groups in total. The van der Waals surface area contributed by atoms with Crippen molar-refractivity contribution in [1.82, 2.24) is 10.1 Å². The smallest absolute Gasteiger partial charge is 0.255 e. The van der Waals surface area contributed by atoms with Crippen molar-refractivity contribution in [3.63, 3.8) is 0 Å². The summed E-state index contributed by atoms with van der Waals surface area (Å²) in [5.74, 6) is 1.55. The van der Waals surface area contributed by atoms with Gasteiger partial charge in [-0.3, -0.25) is 4.79 Å². The lowest BCUT2D eigenvalue weighted by atomic mass is 9.85. The SMILES string of the molecule is O=C(Nc1cccc(-c2noc(C3CCC3)n2)c1)c1ccccc1. The van der Waals surface area contributed by atoms with Gasteiger partial charge in [0, 0.05) is 22.7 Å². The molecule has 1 aromatic heterocycles. The Kier molecular flexibility index (Phi) is 3.83. The summed E-state index contributed by atoms with van der Waals surface area (Å²) in [6.45, 7) is 0. The van der Waals surface area contributed by atoms with E-state index in [1.807, 2.05) is 42.5 Å². The number of benzene rings is 2. The van der Waals surface area contributed by atoms with Gasteiger partial charge in [-0.15, -0.1) is 0 Å². The normalized spacial score (nSPS) is 14.2. The zero-order chi connectivity index (χ0) is 16.4. The number of hydrogen-bond acceptors (Lipinski definition) is 4. The lowest BCUT2D eigenvalue weighted by molar-refractivity contribution is 0.102. The predicted octanol–water partition coefficient (Wildman–Crippen LogP) is 4.26. The third kappa shape index (κ3) is 2.93. The number of anilines is 1. The van der Waals surface area contributed by atoms with E-state index in [0.717, 1.165) is 24.3 Å². The number of nitrogens with one attached hydrogen (secondary N) is 1. The third-order valence-corrected chi connectivity index (χ3v) is 4.31. The molecule has 0 bridgehead atoms. The van der Waals surface area contributed by atoms with Gasteiger partial charge in [0.2, 0.25) is 11.7 Å². The Morgan fingerprint density at radius 2 is 1.92 bits per heavy atom. The maximum atomic E-state index is 12.2. The number of rotatable bonds is 4. The summed E-state index contributed by atoms with van der Waals surface area (Å²) in [5.41, 5.74) is 2.15. The van der Waals surface area contributed by atoms with E-state index in [1.54, 1.807) is 12.1 Å². The van der Waals surface area contributed by atoms with Crippen molar-refractivity contribution in [2.24, 2.45) is 0 Å². The Balaban J connectivity index is 1.53. The van der Waals surface area contributed by atoms with Gasteiger partial charge in [0.15, 0.2) is 0 Å². The molecule has 3 aromatic rings. The molecule has 5 heteroatoms. The molecule has 120 valence electrons. The molecule has 1 aliphatic carbocycles. The van der Waals surface area contributed by atoms with Crippen LogP contribution >= 0.6 is 0 Å². The molecule has 4 rings (SSSR count). The first kappa shape index (κ1) is 14.6. The maximum absolute atomic E-state index is 12.2. The van der Waals surface area contributed by atoms with Gasteiger partial charge in [-0.25, -0.2) is 0 Å². The van der Waals surface area contributed by atoms with Crippen LogP contribution < -0.4 is 5.32 Å². The molecule has 0 unspecified atom stereocenters. The van der Waals surface area contributed by atoms with Crippen molar-refractivity contribution in [3.8, 4) is 11.4 Å². The van der Waals surface area contributed by atoms with Crippen LogP contribution in [0, 0.1) is 0 Å². The largest absolute Gasteiger partial charge is 0.339 e. The van der Waals surface area contributed by atoms with Gasteiger partial charge in [0.05, 0.1) is 0 Å². The van der Waals surface area contributed by atoms with E-state index >= 15 is 0 Å². The minimum Gasteiger partial charge on any atom is -0.339 e. The number of nitrogens with zero attached hydrogens (tertiary/aromatic N) is 2. The molecule has 0 atom stereocenters. The Labute approximate surface area is 139 Å². The molecule has 1 fully saturated rings.